The maximum Gasteiger partial charge on any atom is 0.251 e. The van der Waals surface area contributed by atoms with E-state index in [4.69, 9.17) is 14.2 Å². The summed E-state index contributed by atoms with van der Waals surface area (Å²) >= 11 is 0. The molecule has 22 heavy (non-hydrogen) atoms. The van der Waals surface area contributed by atoms with E-state index in [0.717, 1.165) is 0 Å². The van der Waals surface area contributed by atoms with Gasteiger partial charge in [-0.1, -0.05) is 6.07 Å². The largest absolute Gasteiger partial charge is 0.492 e. The molecule has 0 aliphatic carbocycles. The molecule has 0 aromatic heterocycles. The summed E-state index contributed by atoms with van der Waals surface area (Å²) in [5.41, 5.74) is 0.481. The van der Waals surface area contributed by atoms with Gasteiger partial charge in [0.25, 0.3) is 5.91 Å². The molecule has 1 aliphatic rings. The summed E-state index contributed by atoms with van der Waals surface area (Å²) in [5.74, 6) is 1.02. The van der Waals surface area contributed by atoms with Crippen LogP contribution in [0.1, 0.15) is 10.4 Å². The highest BCUT2D eigenvalue weighted by Gasteiger charge is 2.15. The molecule has 0 saturated heterocycles. The molecule has 0 radical (unpaired) electrons. The van der Waals surface area contributed by atoms with Gasteiger partial charge < -0.3 is 19.5 Å². The van der Waals surface area contributed by atoms with E-state index in [-0.39, 0.29) is 25.1 Å². The smallest absolute Gasteiger partial charge is 0.251 e. The summed E-state index contributed by atoms with van der Waals surface area (Å²) in [6, 6.07) is 10.8. The first kappa shape index (κ1) is 14.2. The summed E-state index contributed by atoms with van der Waals surface area (Å²) in [4.78, 5) is 12.0. The number of carbonyl (C=O) groups is 1. The normalized spacial score (nSPS) is 12.0. The minimum Gasteiger partial charge on any atom is -0.492 e. The van der Waals surface area contributed by atoms with Crippen molar-refractivity contribution in [2.75, 3.05) is 19.9 Å². The standard InChI is InChI=1S/C16H14FNO4/c17-12-2-1-3-13(9-12)20-7-6-18-16(19)11-4-5-14-15(8-11)22-10-21-14/h1-5,8-9H,6-7,10H2,(H,18,19). The zero-order valence-corrected chi connectivity index (χ0v) is 11.7. The van der Waals surface area contributed by atoms with Gasteiger partial charge in [0.1, 0.15) is 18.2 Å². The minimum atomic E-state index is -0.359. The molecule has 0 atom stereocenters. The van der Waals surface area contributed by atoms with Crippen molar-refractivity contribution in [3.63, 3.8) is 0 Å². The molecular weight excluding hydrogens is 289 g/mol. The van der Waals surface area contributed by atoms with Gasteiger partial charge in [0, 0.05) is 11.6 Å². The number of nitrogens with one attached hydrogen (secondary N) is 1. The molecule has 0 spiro atoms. The lowest BCUT2D eigenvalue weighted by atomic mass is 10.2. The molecule has 1 heterocycles. The molecule has 0 saturated carbocycles. The second-order valence-electron chi connectivity index (χ2n) is 4.63. The molecular formula is C16H14FNO4. The molecule has 114 valence electrons. The Hall–Kier alpha value is -2.76. The Balaban J connectivity index is 1.48. The fourth-order valence-electron chi connectivity index (χ4n) is 2.03. The predicted molar refractivity (Wildman–Crippen MR) is 76.8 cm³/mol. The van der Waals surface area contributed by atoms with Crippen molar-refractivity contribution >= 4 is 5.91 Å². The molecule has 6 heteroatoms. The van der Waals surface area contributed by atoms with E-state index in [2.05, 4.69) is 5.32 Å². The third-order valence-corrected chi connectivity index (χ3v) is 3.09. The number of ether oxygens (including phenoxy) is 3. The van der Waals surface area contributed by atoms with Gasteiger partial charge in [0.2, 0.25) is 6.79 Å². The number of hydrogen-bond acceptors (Lipinski definition) is 4. The van der Waals surface area contributed by atoms with E-state index in [1.807, 2.05) is 0 Å². The highest BCUT2D eigenvalue weighted by molar-refractivity contribution is 5.94. The Kier molecular flexibility index (Phi) is 4.09. The average Bonchev–Trinajstić information content (AvgIpc) is 2.99. The van der Waals surface area contributed by atoms with Crippen LogP contribution >= 0.6 is 0 Å². The van der Waals surface area contributed by atoms with Crippen molar-refractivity contribution in [1.29, 1.82) is 0 Å². The molecule has 0 fully saturated rings. The van der Waals surface area contributed by atoms with Crippen LogP contribution in [0.3, 0.4) is 0 Å². The second kappa shape index (κ2) is 6.34. The van der Waals surface area contributed by atoms with E-state index in [1.54, 1.807) is 30.3 Å². The Bertz CT molecular complexity index is 690. The number of hydrogen-bond donors (Lipinski definition) is 1. The minimum absolute atomic E-state index is 0.169. The molecule has 2 aromatic rings. The first-order valence-corrected chi connectivity index (χ1v) is 6.78. The number of carbonyl (C=O) groups excluding carboxylic acids is 1. The maximum absolute atomic E-state index is 13.0. The van der Waals surface area contributed by atoms with Gasteiger partial charge in [0.05, 0.1) is 6.54 Å². The summed E-state index contributed by atoms with van der Waals surface area (Å²) in [6.45, 7) is 0.728. The van der Waals surface area contributed by atoms with Crippen LogP contribution < -0.4 is 19.5 Å². The lowest BCUT2D eigenvalue weighted by Crippen LogP contribution is -2.28. The van der Waals surface area contributed by atoms with Crippen LogP contribution in [-0.2, 0) is 0 Å². The predicted octanol–water partition coefficient (Wildman–Crippen LogP) is 2.36. The summed E-state index contributed by atoms with van der Waals surface area (Å²) < 4.78 is 28.7. The van der Waals surface area contributed by atoms with Crippen LogP contribution in [0, 0.1) is 5.82 Å². The van der Waals surface area contributed by atoms with Crippen molar-refractivity contribution < 1.29 is 23.4 Å². The van der Waals surface area contributed by atoms with Crippen LogP contribution in [0.5, 0.6) is 17.2 Å². The Morgan fingerprint density at radius 3 is 2.91 bits per heavy atom. The SMILES string of the molecule is O=C(NCCOc1cccc(F)c1)c1ccc2c(c1)OCO2. The highest BCUT2D eigenvalue weighted by atomic mass is 19.1. The highest BCUT2D eigenvalue weighted by Crippen LogP contribution is 2.32. The van der Waals surface area contributed by atoms with Crippen molar-refractivity contribution in [2.24, 2.45) is 0 Å². The van der Waals surface area contributed by atoms with Crippen molar-refractivity contribution in [2.45, 2.75) is 0 Å². The fourth-order valence-corrected chi connectivity index (χ4v) is 2.03. The quantitative estimate of drug-likeness (QED) is 0.862. The molecule has 2 aromatic carbocycles. The molecule has 1 amide bonds. The monoisotopic (exact) mass is 303 g/mol. The zero-order valence-electron chi connectivity index (χ0n) is 11.7. The Morgan fingerprint density at radius 2 is 2.05 bits per heavy atom. The zero-order chi connectivity index (χ0) is 15.4. The fraction of sp³-hybridized carbons (Fsp3) is 0.188. The Morgan fingerprint density at radius 1 is 1.18 bits per heavy atom. The van der Waals surface area contributed by atoms with E-state index >= 15 is 0 Å². The third kappa shape index (κ3) is 3.28. The molecule has 3 rings (SSSR count). The van der Waals surface area contributed by atoms with E-state index < -0.39 is 0 Å². The molecule has 1 aliphatic heterocycles. The van der Waals surface area contributed by atoms with E-state index in [0.29, 0.717) is 29.4 Å². The van der Waals surface area contributed by atoms with Gasteiger partial charge in [-0.25, -0.2) is 4.39 Å². The van der Waals surface area contributed by atoms with Crippen molar-refractivity contribution in [3.8, 4) is 17.2 Å². The number of fused-ring (bicyclic) bond motifs is 1. The van der Waals surface area contributed by atoms with Crippen LogP contribution in [0.4, 0.5) is 4.39 Å². The molecule has 0 bridgehead atoms. The van der Waals surface area contributed by atoms with E-state index in [1.165, 1.54) is 12.1 Å². The lowest BCUT2D eigenvalue weighted by molar-refractivity contribution is 0.0946. The van der Waals surface area contributed by atoms with Gasteiger partial charge in [0.15, 0.2) is 11.5 Å². The summed E-state index contributed by atoms with van der Waals surface area (Å²) in [5, 5.41) is 2.72. The number of benzene rings is 2. The van der Waals surface area contributed by atoms with Crippen LogP contribution in [0.2, 0.25) is 0 Å². The van der Waals surface area contributed by atoms with Crippen molar-refractivity contribution in [3.05, 3.63) is 53.8 Å². The third-order valence-electron chi connectivity index (χ3n) is 3.09. The van der Waals surface area contributed by atoms with Gasteiger partial charge in [-0.15, -0.1) is 0 Å². The van der Waals surface area contributed by atoms with Crippen LogP contribution in [0.25, 0.3) is 0 Å². The topological polar surface area (TPSA) is 56.8 Å². The summed E-state index contributed by atoms with van der Waals surface area (Å²) in [7, 11) is 0. The second-order valence-corrected chi connectivity index (χ2v) is 4.63. The molecule has 0 unspecified atom stereocenters. The average molecular weight is 303 g/mol. The van der Waals surface area contributed by atoms with Gasteiger partial charge in [-0.05, 0) is 30.3 Å². The van der Waals surface area contributed by atoms with Crippen LogP contribution in [-0.4, -0.2) is 25.9 Å². The van der Waals surface area contributed by atoms with Gasteiger partial charge in [-0.2, -0.15) is 0 Å². The lowest BCUT2D eigenvalue weighted by Gasteiger charge is -2.08. The van der Waals surface area contributed by atoms with Crippen molar-refractivity contribution in [1.82, 2.24) is 5.32 Å². The number of amides is 1. The maximum atomic E-state index is 13.0. The van der Waals surface area contributed by atoms with Crippen LogP contribution in [0.15, 0.2) is 42.5 Å². The summed E-state index contributed by atoms with van der Waals surface area (Å²) in [6.07, 6.45) is 0. The number of rotatable bonds is 5. The number of halogens is 1. The first-order valence-electron chi connectivity index (χ1n) is 6.78. The van der Waals surface area contributed by atoms with Gasteiger partial charge in [-0.3, -0.25) is 4.79 Å². The van der Waals surface area contributed by atoms with E-state index in [9.17, 15) is 9.18 Å². The molecule has 1 N–H and O–H groups in total. The van der Waals surface area contributed by atoms with Gasteiger partial charge >= 0.3 is 0 Å². The Labute approximate surface area is 126 Å². The molecule has 5 nitrogen and oxygen atoms in total. The first-order chi connectivity index (χ1) is 10.7.